The Morgan fingerprint density at radius 2 is 2.10 bits per heavy atom. The van der Waals surface area contributed by atoms with Gasteiger partial charge in [-0.15, -0.1) is 0 Å². The van der Waals surface area contributed by atoms with Crippen LogP contribution in [0.15, 0.2) is 23.1 Å². The van der Waals surface area contributed by atoms with Crippen molar-refractivity contribution in [3.63, 3.8) is 0 Å². The predicted octanol–water partition coefficient (Wildman–Crippen LogP) is -0.524. The highest BCUT2D eigenvalue weighted by atomic mass is 32.2. The van der Waals surface area contributed by atoms with Gasteiger partial charge in [-0.2, -0.15) is 0 Å². The number of carbonyl (C=O) groups is 1. The van der Waals surface area contributed by atoms with Crippen LogP contribution < -0.4 is 10.0 Å². The molecule has 1 aromatic carbocycles. The Kier molecular flexibility index (Phi) is 5.67. The first-order valence-corrected chi connectivity index (χ1v) is 7.49. The van der Waals surface area contributed by atoms with E-state index in [1.54, 1.807) is 7.05 Å². The lowest BCUT2D eigenvalue weighted by Gasteiger charge is -2.24. The molecule has 1 aromatic rings. The van der Waals surface area contributed by atoms with Crippen molar-refractivity contribution in [1.29, 1.82) is 0 Å². The van der Waals surface area contributed by atoms with Gasteiger partial charge in [-0.3, -0.25) is 0 Å². The summed E-state index contributed by atoms with van der Waals surface area (Å²) < 4.78 is 27.3. The lowest BCUT2D eigenvalue weighted by molar-refractivity contribution is 0.0680. The van der Waals surface area contributed by atoms with Crippen molar-refractivity contribution in [1.82, 2.24) is 0 Å². The maximum absolute atomic E-state index is 11.3. The summed E-state index contributed by atoms with van der Waals surface area (Å²) in [6.07, 6.45) is -0.806. The average Bonchev–Trinajstić information content (AvgIpc) is 2.36. The summed E-state index contributed by atoms with van der Waals surface area (Å²) in [4.78, 5) is 12.5. The molecule has 1 unspecified atom stereocenters. The summed E-state index contributed by atoms with van der Waals surface area (Å²) in [6.45, 7) is 0.227. The van der Waals surface area contributed by atoms with E-state index in [2.05, 4.69) is 0 Å². The van der Waals surface area contributed by atoms with E-state index < -0.39 is 22.1 Å². The number of anilines is 1. The maximum atomic E-state index is 11.3. The lowest BCUT2D eigenvalue weighted by atomic mass is 10.1. The number of nitrogens with zero attached hydrogens (tertiary/aromatic N) is 1. The first kappa shape index (κ1) is 17.4. The van der Waals surface area contributed by atoms with Crippen molar-refractivity contribution in [3.05, 3.63) is 23.8 Å². The van der Waals surface area contributed by atoms with Gasteiger partial charge < -0.3 is 19.8 Å². The monoisotopic (exact) mass is 318 g/mol. The fourth-order valence-electron chi connectivity index (χ4n) is 1.86. The highest BCUT2D eigenvalue weighted by Gasteiger charge is 2.19. The molecule has 0 aromatic heterocycles. The van der Waals surface area contributed by atoms with Crippen LogP contribution in [0.2, 0.25) is 0 Å². The summed E-state index contributed by atoms with van der Waals surface area (Å²) in [5.74, 6) is -1.29. The van der Waals surface area contributed by atoms with E-state index in [1.165, 1.54) is 24.1 Å². The number of aliphatic hydroxyl groups excluding tert-OH is 1. The second kappa shape index (κ2) is 6.85. The lowest BCUT2D eigenvalue weighted by Crippen LogP contribution is -2.32. The zero-order chi connectivity index (χ0) is 16.2. The average molecular weight is 318 g/mol. The molecule has 21 heavy (non-hydrogen) atoms. The number of carboxylic acids is 1. The maximum Gasteiger partial charge on any atom is 0.337 e. The Morgan fingerprint density at radius 1 is 1.48 bits per heavy atom. The molecule has 0 aliphatic rings. The number of hydrogen-bond donors (Lipinski definition) is 3. The summed E-state index contributed by atoms with van der Waals surface area (Å²) in [6, 6.07) is 3.55. The summed E-state index contributed by atoms with van der Waals surface area (Å²) in [7, 11) is -0.966. The molecular weight excluding hydrogens is 300 g/mol. The van der Waals surface area contributed by atoms with E-state index in [0.29, 0.717) is 0 Å². The van der Waals surface area contributed by atoms with Crippen LogP contribution in [0.4, 0.5) is 5.69 Å². The molecule has 118 valence electrons. The second-order valence-electron chi connectivity index (χ2n) is 4.52. The number of hydrogen-bond acceptors (Lipinski definition) is 6. The van der Waals surface area contributed by atoms with Gasteiger partial charge in [0, 0.05) is 20.7 Å². The van der Waals surface area contributed by atoms with Gasteiger partial charge in [-0.05, 0) is 18.2 Å². The van der Waals surface area contributed by atoms with Gasteiger partial charge >= 0.3 is 5.97 Å². The molecule has 9 heteroatoms. The van der Waals surface area contributed by atoms with E-state index in [1.807, 2.05) is 0 Å². The number of aliphatic hydroxyl groups is 1. The van der Waals surface area contributed by atoms with E-state index >= 15 is 0 Å². The molecule has 4 N–H and O–H groups in total. The van der Waals surface area contributed by atoms with Crippen LogP contribution >= 0.6 is 0 Å². The molecule has 0 radical (unpaired) electrons. The van der Waals surface area contributed by atoms with Crippen LogP contribution in [0.25, 0.3) is 0 Å². The minimum atomic E-state index is -3.98. The third-order valence-electron chi connectivity index (χ3n) is 2.78. The number of nitrogens with two attached hydrogens (primary N) is 1. The fraction of sp³-hybridized carbons (Fsp3) is 0.417. The van der Waals surface area contributed by atoms with Crippen molar-refractivity contribution >= 4 is 21.7 Å². The fourth-order valence-corrected chi connectivity index (χ4v) is 2.40. The molecular formula is C12H18N2O6S. The van der Waals surface area contributed by atoms with Crippen LogP contribution in [0.5, 0.6) is 0 Å². The van der Waals surface area contributed by atoms with Crippen LogP contribution in [-0.4, -0.2) is 58.0 Å². The number of carboxylic acid groups (broad SMARTS) is 1. The number of primary sulfonamides is 1. The third kappa shape index (κ3) is 4.67. The van der Waals surface area contributed by atoms with Gasteiger partial charge in [0.05, 0.1) is 28.9 Å². The van der Waals surface area contributed by atoms with Crippen LogP contribution in [-0.2, 0) is 14.8 Å². The number of rotatable bonds is 7. The highest BCUT2D eigenvalue weighted by molar-refractivity contribution is 7.89. The predicted molar refractivity (Wildman–Crippen MR) is 75.9 cm³/mol. The van der Waals surface area contributed by atoms with E-state index in [0.717, 1.165) is 6.07 Å². The number of likely N-dealkylation sites (N-methyl/N-ethyl adjacent to an activating group) is 1. The number of aromatic carboxylic acids is 1. The molecule has 0 amide bonds. The molecule has 0 aliphatic heterocycles. The Bertz CT molecular complexity index is 616. The molecule has 0 fully saturated rings. The zero-order valence-corrected chi connectivity index (χ0v) is 12.5. The molecule has 0 saturated heterocycles. The van der Waals surface area contributed by atoms with E-state index in [4.69, 9.17) is 9.88 Å². The van der Waals surface area contributed by atoms with Crippen molar-refractivity contribution in [2.75, 3.05) is 32.2 Å². The number of benzene rings is 1. The minimum absolute atomic E-state index is 0.0992. The molecule has 0 heterocycles. The Morgan fingerprint density at radius 3 is 2.57 bits per heavy atom. The van der Waals surface area contributed by atoms with Crippen LogP contribution in [0, 0.1) is 0 Å². The topological polar surface area (TPSA) is 130 Å². The molecule has 0 saturated carbocycles. The van der Waals surface area contributed by atoms with Gasteiger partial charge in [0.1, 0.15) is 0 Å². The number of sulfonamides is 1. The Balaban J connectivity index is 3.15. The SMILES string of the molecule is COCC(O)CN(C)c1ccc(S(N)(=O)=O)cc1C(=O)O. The van der Waals surface area contributed by atoms with Crippen molar-refractivity contribution in [2.24, 2.45) is 5.14 Å². The Labute approximate surface area is 122 Å². The quantitative estimate of drug-likeness (QED) is 0.616. The molecule has 8 nitrogen and oxygen atoms in total. The van der Waals surface area contributed by atoms with Gasteiger partial charge in [0.15, 0.2) is 0 Å². The largest absolute Gasteiger partial charge is 0.478 e. The summed E-state index contributed by atoms with van der Waals surface area (Å²) >= 11 is 0. The smallest absolute Gasteiger partial charge is 0.337 e. The standard InChI is InChI=1S/C12H18N2O6S/c1-14(6-8(15)7-20-2)11-4-3-9(21(13,18)19)5-10(11)12(16)17/h3-5,8,15H,6-7H2,1-2H3,(H,16,17)(H2,13,18,19). The van der Waals surface area contributed by atoms with Crippen LogP contribution in [0.1, 0.15) is 10.4 Å². The second-order valence-corrected chi connectivity index (χ2v) is 6.08. The van der Waals surface area contributed by atoms with Gasteiger partial charge in [-0.25, -0.2) is 18.4 Å². The van der Waals surface area contributed by atoms with E-state index in [-0.39, 0.29) is 29.3 Å². The van der Waals surface area contributed by atoms with Crippen molar-refractivity contribution in [3.8, 4) is 0 Å². The summed E-state index contributed by atoms with van der Waals surface area (Å²) in [5, 5.41) is 23.8. The van der Waals surface area contributed by atoms with Gasteiger partial charge in [0.25, 0.3) is 0 Å². The molecule has 0 bridgehead atoms. The van der Waals surface area contributed by atoms with Gasteiger partial charge in [0.2, 0.25) is 10.0 Å². The number of ether oxygens (including phenoxy) is 1. The summed E-state index contributed by atoms with van der Waals surface area (Å²) in [5.41, 5.74) is 0.0543. The van der Waals surface area contributed by atoms with Crippen molar-refractivity contribution < 1.29 is 28.2 Å². The number of methoxy groups -OCH3 is 1. The third-order valence-corrected chi connectivity index (χ3v) is 3.69. The molecule has 0 spiro atoms. The van der Waals surface area contributed by atoms with Gasteiger partial charge in [-0.1, -0.05) is 0 Å². The molecule has 0 aliphatic carbocycles. The zero-order valence-electron chi connectivity index (χ0n) is 11.7. The highest BCUT2D eigenvalue weighted by Crippen LogP contribution is 2.23. The minimum Gasteiger partial charge on any atom is -0.478 e. The Hall–Kier alpha value is -1.68. The molecule has 1 rings (SSSR count). The molecule has 1 atom stereocenters. The van der Waals surface area contributed by atoms with Crippen LogP contribution in [0.3, 0.4) is 0 Å². The first-order chi connectivity index (χ1) is 9.66. The normalized spacial score (nSPS) is 13.0. The first-order valence-electron chi connectivity index (χ1n) is 5.95. The van der Waals surface area contributed by atoms with Crippen molar-refractivity contribution in [2.45, 2.75) is 11.0 Å². The van der Waals surface area contributed by atoms with E-state index in [9.17, 15) is 23.4 Å².